The van der Waals surface area contributed by atoms with Crippen molar-refractivity contribution in [2.75, 3.05) is 0 Å². The molecule has 0 aliphatic heterocycles. The Hall–Kier alpha value is -2.41. The van der Waals surface area contributed by atoms with Gasteiger partial charge in [0.1, 0.15) is 6.61 Å². The van der Waals surface area contributed by atoms with Crippen molar-refractivity contribution in [1.29, 1.82) is 0 Å². The number of carboxylic acid groups (broad SMARTS) is 2. The predicted molar refractivity (Wildman–Crippen MR) is 81.7 cm³/mol. The molecule has 1 aromatic carbocycles. The third-order valence-electron chi connectivity index (χ3n) is 2.93. The summed E-state index contributed by atoms with van der Waals surface area (Å²) in [6, 6.07) is 8.71. The van der Waals surface area contributed by atoms with Crippen molar-refractivity contribution in [2.45, 2.75) is 44.9 Å². The molecule has 0 saturated heterocycles. The number of carbonyl (C=O) groups excluding carboxylic acids is 1. The van der Waals surface area contributed by atoms with E-state index in [0.29, 0.717) is 5.56 Å². The number of ether oxygens (including phenoxy) is 1. The lowest BCUT2D eigenvalue weighted by molar-refractivity contribution is -0.169. The van der Waals surface area contributed by atoms with Gasteiger partial charge in [0.2, 0.25) is 5.54 Å². The van der Waals surface area contributed by atoms with Crippen LogP contribution in [0.15, 0.2) is 30.3 Å². The number of aliphatic carboxylic acids is 2. The maximum Gasteiger partial charge on any atom is 0.339 e. The zero-order chi connectivity index (χ0) is 17.7. The molecule has 3 N–H and O–H groups in total. The van der Waals surface area contributed by atoms with Crippen LogP contribution in [0.4, 0.5) is 0 Å². The lowest BCUT2D eigenvalue weighted by atomic mass is 9.91. The van der Waals surface area contributed by atoms with Crippen molar-refractivity contribution in [3.63, 3.8) is 0 Å². The molecule has 1 aromatic rings. The molecular formula is C16H21NO6. The topological polar surface area (TPSA) is 113 Å². The Morgan fingerprint density at radius 1 is 1.09 bits per heavy atom. The van der Waals surface area contributed by atoms with Crippen LogP contribution in [0.25, 0.3) is 0 Å². The van der Waals surface area contributed by atoms with Crippen LogP contribution in [-0.2, 0) is 25.7 Å². The average molecular weight is 323 g/mol. The van der Waals surface area contributed by atoms with E-state index in [0.717, 1.165) is 0 Å². The molecule has 0 amide bonds. The van der Waals surface area contributed by atoms with Crippen molar-refractivity contribution < 1.29 is 29.3 Å². The Balaban J connectivity index is 3.03. The molecule has 1 atom stereocenters. The van der Waals surface area contributed by atoms with Gasteiger partial charge in [-0.25, -0.2) is 9.59 Å². The molecule has 0 spiro atoms. The summed E-state index contributed by atoms with van der Waals surface area (Å²) in [4.78, 5) is 35.1. The number of rotatable bonds is 7. The van der Waals surface area contributed by atoms with Gasteiger partial charge >= 0.3 is 17.9 Å². The average Bonchev–Trinajstić information content (AvgIpc) is 2.42. The van der Waals surface area contributed by atoms with Crippen LogP contribution in [-0.4, -0.2) is 39.2 Å². The zero-order valence-electron chi connectivity index (χ0n) is 13.3. The highest BCUT2D eigenvalue weighted by molar-refractivity contribution is 6.07. The van der Waals surface area contributed by atoms with Gasteiger partial charge in [0.25, 0.3) is 0 Å². The maximum absolute atomic E-state index is 12.4. The Kier molecular flexibility index (Phi) is 5.86. The highest BCUT2D eigenvalue weighted by atomic mass is 16.5. The zero-order valence-corrected chi connectivity index (χ0v) is 13.3. The molecule has 7 heteroatoms. The van der Waals surface area contributed by atoms with Gasteiger partial charge in [-0.05, 0) is 26.3 Å². The van der Waals surface area contributed by atoms with Gasteiger partial charge in [0.15, 0.2) is 0 Å². The number of carbonyl (C=O) groups is 3. The molecule has 7 nitrogen and oxygen atoms in total. The lowest BCUT2D eigenvalue weighted by Crippen LogP contribution is -2.65. The van der Waals surface area contributed by atoms with Crippen molar-refractivity contribution in [2.24, 2.45) is 0 Å². The Bertz CT molecular complexity index is 578. The summed E-state index contributed by atoms with van der Waals surface area (Å²) in [7, 11) is 0. The van der Waals surface area contributed by atoms with Crippen molar-refractivity contribution in [3.05, 3.63) is 35.9 Å². The first-order valence-electron chi connectivity index (χ1n) is 7.02. The minimum absolute atomic E-state index is 0.139. The number of nitrogens with one attached hydrogen (secondary N) is 1. The number of hydrogen-bond donors (Lipinski definition) is 3. The highest BCUT2D eigenvalue weighted by Gasteiger charge is 2.51. The fraction of sp³-hybridized carbons (Fsp3) is 0.438. The summed E-state index contributed by atoms with van der Waals surface area (Å²) < 4.78 is 5.06. The standard InChI is InChI=1S/C16H21NO6/c1-15(2,3)17-16(13(20)21,9-12(18)19)14(22)23-10-11-7-5-4-6-8-11/h4-8,17H,9-10H2,1-3H3,(H,18,19)(H,20,21)/t16-/m0/s1. The summed E-state index contributed by atoms with van der Waals surface area (Å²) in [5, 5.41) is 21.1. The van der Waals surface area contributed by atoms with Crippen LogP contribution in [0.2, 0.25) is 0 Å². The maximum atomic E-state index is 12.4. The third kappa shape index (κ3) is 5.37. The molecule has 23 heavy (non-hydrogen) atoms. The summed E-state index contributed by atoms with van der Waals surface area (Å²) in [5.74, 6) is -4.14. The second-order valence-corrected chi connectivity index (χ2v) is 6.22. The van der Waals surface area contributed by atoms with Crippen LogP contribution >= 0.6 is 0 Å². The van der Waals surface area contributed by atoms with E-state index in [1.165, 1.54) is 0 Å². The fourth-order valence-electron chi connectivity index (χ4n) is 2.10. The fourth-order valence-corrected chi connectivity index (χ4v) is 2.10. The van der Waals surface area contributed by atoms with Gasteiger partial charge in [0, 0.05) is 5.54 Å². The SMILES string of the molecule is CC(C)(C)N[C@@](CC(=O)O)(C(=O)O)C(=O)OCc1ccccc1. The number of hydrogen-bond acceptors (Lipinski definition) is 5. The number of carboxylic acids is 2. The van der Waals surface area contributed by atoms with E-state index in [1.54, 1.807) is 51.1 Å². The molecule has 0 aliphatic rings. The molecular weight excluding hydrogens is 302 g/mol. The molecule has 0 unspecified atom stereocenters. The molecule has 0 bridgehead atoms. The van der Waals surface area contributed by atoms with Gasteiger partial charge < -0.3 is 14.9 Å². The quantitative estimate of drug-likeness (QED) is 0.513. The summed E-state index contributed by atoms with van der Waals surface area (Å²) in [6.07, 6.45) is -0.923. The molecule has 0 radical (unpaired) electrons. The first-order chi connectivity index (χ1) is 10.6. The van der Waals surface area contributed by atoms with Crippen LogP contribution in [0.5, 0.6) is 0 Å². The van der Waals surface area contributed by atoms with Crippen LogP contribution in [0.3, 0.4) is 0 Å². The molecule has 0 aliphatic carbocycles. The van der Waals surface area contributed by atoms with Crippen LogP contribution in [0.1, 0.15) is 32.8 Å². The molecule has 0 saturated carbocycles. The Morgan fingerprint density at radius 2 is 1.65 bits per heavy atom. The lowest BCUT2D eigenvalue weighted by Gasteiger charge is -2.34. The van der Waals surface area contributed by atoms with E-state index in [2.05, 4.69) is 5.32 Å². The van der Waals surface area contributed by atoms with Crippen molar-refractivity contribution >= 4 is 17.9 Å². The van der Waals surface area contributed by atoms with Gasteiger partial charge in [-0.15, -0.1) is 0 Å². The van der Waals surface area contributed by atoms with Gasteiger partial charge in [0.05, 0.1) is 6.42 Å². The number of esters is 1. The second kappa shape index (κ2) is 7.23. The summed E-state index contributed by atoms with van der Waals surface area (Å²) >= 11 is 0. The van der Waals surface area contributed by atoms with Crippen molar-refractivity contribution in [3.8, 4) is 0 Å². The van der Waals surface area contributed by atoms with E-state index in [-0.39, 0.29) is 6.61 Å². The van der Waals surface area contributed by atoms with E-state index in [4.69, 9.17) is 9.84 Å². The van der Waals surface area contributed by atoms with Gasteiger partial charge in [-0.3, -0.25) is 10.1 Å². The van der Waals surface area contributed by atoms with Crippen LogP contribution in [0, 0.1) is 0 Å². The smallest absolute Gasteiger partial charge is 0.339 e. The van der Waals surface area contributed by atoms with Gasteiger partial charge in [-0.2, -0.15) is 0 Å². The first-order valence-corrected chi connectivity index (χ1v) is 7.02. The minimum atomic E-state index is -2.35. The third-order valence-corrected chi connectivity index (χ3v) is 2.93. The second-order valence-electron chi connectivity index (χ2n) is 6.22. The monoisotopic (exact) mass is 323 g/mol. The molecule has 0 heterocycles. The predicted octanol–water partition coefficient (Wildman–Crippen LogP) is 1.42. The Morgan fingerprint density at radius 3 is 2.09 bits per heavy atom. The normalized spacial score (nSPS) is 13.9. The summed E-state index contributed by atoms with van der Waals surface area (Å²) in [6.45, 7) is 4.77. The Labute approximate surface area is 134 Å². The van der Waals surface area contributed by atoms with E-state index in [9.17, 15) is 19.5 Å². The van der Waals surface area contributed by atoms with E-state index >= 15 is 0 Å². The van der Waals surface area contributed by atoms with Gasteiger partial charge in [-0.1, -0.05) is 30.3 Å². The highest BCUT2D eigenvalue weighted by Crippen LogP contribution is 2.20. The largest absolute Gasteiger partial charge is 0.481 e. The number of benzene rings is 1. The first kappa shape index (κ1) is 18.6. The summed E-state index contributed by atoms with van der Waals surface area (Å²) in [5.41, 5.74) is -2.48. The molecule has 0 fully saturated rings. The van der Waals surface area contributed by atoms with E-state index in [1.807, 2.05) is 0 Å². The van der Waals surface area contributed by atoms with E-state index < -0.39 is 35.4 Å². The van der Waals surface area contributed by atoms with Crippen LogP contribution < -0.4 is 5.32 Å². The van der Waals surface area contributed by atoms with Crippen molar-refractivity contribution in [1.82, 2.24) is 5.32 Å². The molecule has 1 rings (SSSR count). The molecule has 126 valence electrons. The molecule has 0 aromatic heterocycles. The minimum Gasteiger partial charge on any atom is -0.481 e.